The third-order valence-corrected chi connectivity index (χ3v) is 4.28. The molecular weight excluding hydrogens is 256 g/mol. The molecule has 3 rings (SSSR count). The molecule has 1 saturated heterocycles. The van der Waals surface area contributed by atoms with E-state index in [4.69, 9.17) is 5.11 Å². The molecule has 1 N–H and O–H groups in total. The number of fused-ring (bicyclic) bond motifs is 2. The van der Waals surface area contributed by atoms with Gasteiger partial charge in [-0.15, -0.1) is 0 Å². The molecule has 20 heavy (non-hydrogen) atoms. The monoisotopic (exact) mass is 274 g/mol. The maximum absolute atomic E-state index is 12.6. The topological polar surface area (TPSA) is 60.9 Å². The predicted octanol–water partition coefficient (Wildman–Crippen LogP) is 2.18. The lowest BCUT2D eigenvalue weighted by molar-refractivity contribution is 0.0655. The summed E-state index contributed by atoms with van der Waals surface area (Å²) < 4.78 is 0. The summed E-state index contributed by atoms with van der Waals surface area (Å²) in [6.45, 7) is 0.786. The van der Waals surface area contributed by atoms with E-state index in [1.807, 2.05) is 11.9 Å². The maximum Gasteiger partial charge on any atom is 0.335 e. The van der Waals surface area contributed by atoms with Crippen molar-refractivity contribution in [3.63, 3.8) is 0 Å². The summed E-state index contributed by atoms with van der Waals surface area (Å²) in [5, 5.41) is 9.10. The van der Waals surface area contributed by atoms with E-state index in [0.29, 0.717) is 5.56 Å². The summed E-state index contributed by atoms with van der Waals surface area (Å²) in [7, 11) is 1.94. The van der Waals surface area contributed by atoms with Gasteiger partial charge in [-0.1, -0.05) is 6.42 Å². The molecular formula is C15H18N2O3. The highest BCUT2D eigenvalue weighted by molar-refractivity contribution is 6.03. The first-order chi connectivity index (χ1) is 9.59. The molecule has 0 aliphatic carbocycles. The van der Waals surface area contributed by atoms with E-state index >= 15 is 0 Å². The Morgan fingerprint density at radius 1 is 1.30 bits per heavy atom. The molecule has 2 aliphatic rings. The molecule has 1 unspecified atom stereocenters. The first kappa shape index (κ1) is 13.0. The van der Waals surface area contributed by atoms with E-state index in [1.54, 1.807) is 12.1 Å². The fourth-order valence-corrected chi connectivity index (χ4v) is 3.18. The lowest BCUT2D eigenvalue weighted by Crippen LogP contribution is -2.53. The minimum atomic E-state index is -0.961. The molecule has 2 aliphatic heterocycles. The van der Waals surface area contributed by atoms with Gasteiger partial charge in [0.2, 0.25) is 0 Å². The number of amides is 1. The number of hydrogen-bond donors (Lipinski definition) is 1. The van der Waals surface area contributed by atoms with Gasteiger partial charge in [0.15, 0.2) is 0 Å². The molecule has 106 valence electrons. The van der Waals surface area contributed by atoms with Gasteiger partial charge in [-0.3, -0.25) is 4.79 Å². The molecule has 0 bridgehead atoms. The van der Waals surface area contributed by atoms with Crippen LogP contribution in [0.3, 0.4) is 0 Å². The molecule has 5 heteroatoms. The van der Waals surface area contributed by atoms with Crippen LogP contribution in [0.5, 0.6) is 0 Å². The van der Waals surface area contributed by atoms with Crippen molar-refractivity contribution in [1.29, 1.82) is 0 Å². The van der Waals surface area contributed by atoms with Gasteiger partial charge < -0.3 is 14.9 Å². The van der Waals surface area contributed by atoms with Crippen LogP contribution in [0.1, 0.15) is 46.4 Å². The number of rotatable bonds is 1. The fraction of sp³-hybridized carbons (Fsp3) is 0.467. The van der Waals surface area contributed by atoms with Gasteiger partial charge in [0, 0.05) is 13.6 Å². The van der Waals surface area contributed by atoms with Gasteiger partial charge in [-0.2, -0.15) is 0 Å². The molecule has 1 aromatic carbocycles. The summed E-state index contributed by atoms with van der Waals surface area (Å²) in [6, 6.07) is 4.75. The fourth-order valence-electron chi connectivity index (χ4n) is 3.18. The van der Waals surface area contributed by atoms with E-state index < -0.39 is 5.97 Å². The molecule has 1 amide bonds. The van der Waals surface area contributed by atoms with Gasteiger partial charge in [0.1, 0.15) is 6.17 Å². The van der Waals surface area contributed by atoms with Crippen LogP contribution in [-0.4, -0.2) is 41.6 Å². The molecule has 1 fully saturated rings. The zero-order chi connectivity index (χ0) is 14.3. The number of carboxylic acid groups (broad SMARTS) is 1. The van der Waals surface area contributed by atoms with E-state index in [-0.39, 0.29) is 17.6 Å². The number of hydrogen-bond acceptors (Lipinski definition) is 3. The highest BCUT2D eigenvalue weighted by atomic mass is 16.4. The van der Waals surface area contributed by atoms with Crippen LogP contribution in [0.2, 0.25) is 0 Å². The van der Waals surface area contributed by atoms with E-state index in [9.17, 15) is 9.59 Å². The highest BCUT2D eigenvalue weighted by Gasteiger charge is 2.36. The van der Waals surface area contributed by atoms with Crippen LogP contribution >= 0.6 is 0 Å². The Balaban J connectivity index is 2.07. The second-order valence-electron chi connectivity index (χ2n) is 5.48. The number of aromatic carboxylic acids is 1. The summed E-state index contributed by atoms with van der Waals surface area (Å²) in [4.78, 5) is 27.7. The maximum atomic E-state index is 12.6. The van der Waals surface area contributed by atoms with Crippen LogP contribution in [0.25, 0.3) is 0 Å². The molecule has 0 saturated carbocycles. The molecule has 1 aromatic rings. The van der Waals surface area contributed by atoms with Crippen LogP contribution < -0.4 is 4.90 Å². The zero-order valence-electron chi connectivity index (χ0n) is 11.5. The number of nitrogens with zero attached hydrogens (tertiary/aromatic N) is 2. The number of carbonyl (C=O) groups excluding carboxylic acids is 1. The molecule has 5 nitrogen and oxygen atoms in total. The Kier molecular flexibility index (Phi) is 3.12. The lowest BCUT2D eigenvalue weighted by Gasteiger charge is -2.43. The van der Waals surface area contributed by atoms with Gasteiger partial charge >= 0.3 is 5.97 Å². The van der Waals surface area contributed by atoms with Crippen LogP contribution in [-0.2, 0) is 0 Å². The Morgan fingerprint density at radius 2 is 2.10 bits per heavy atom. The third kappa shape index (κ3) is 1.94. The van der Waals surface area contributed by atoms with Gasteiger partial charge in [-0.05, 0) is 37.5 Å². The normalized spacial score (nSPS) is 22.1. The number of carboxylic acids is 1. The Morgan fingerprint density at radius 3 is 2.85 bits per heavy atom. The van der Waals surface area contributed by atoms with Crippen molar-refractivity contribution in [3.05, 3.63) is 29.3 Å². The van der Waals surface area contributed by atoms with Gasteiger partial charge in [-0.25, -0.2) is 4.79 Å². The van der Waals surface area contributed by atoms with Crippen molar-refractivity contribution in [1.82, 2.24) is 4.90 Å². The average molecular weight is 274 g/mol. The second kappa shape index (κ2) is 4.81. The molecule has 1 atom stereocenters. The Hall–Kier alpha value is -2.04. The smallest absolute Gasteiger partial charge is 0.335 e. The number of carbonyl (C=O) groups is 2. The van der Waals surface area contributed by atoms with Crippen molar-refractivity contribution in [3.8, 4) is 0 Å². The van der Waals surface area contributed by atoms with Crippen LogP contribution in [0.15, 0.2) is 18.2 Å². The zero-order valence-corrected chi connectivity index (χ0v) is 11.5. The van der Waals surface area contributed by atoms with Gasteiger partial charge in [0.05, 0.1) is 16.8 Å². The Labute approximate surface area is 117 Å². The highest BCUT2D eigenvalue weighted by Crippen LogP contribution is 2.34. The SMILES string of the molecule is CN1c2cc(C(=O)O)ccc2C(=O)N2CCCCCC21. The van der Waals surface area contributed by atoms with E-state index in [1.165, 1.54) is 6.07 Å². The largest absolute Gasteiger partial charge is 0.478 e. The summed E-state index contributed by atoms with van der Waals surface area (Å²) in [5.41, 5.74) is 1.57. The van der Waals surface area contributed by atoms with Crippen LogP contribution in [0.4, 0.5) is 5.69 Å². The predicted molar refractivity (Wildman–Crippen MR) is 75.1 cm³/mol. The molecule has 2 heterocycles. The molecule has 0 aromatic heterocycles. The van der Waals surface area contributed by atoms with E-state index in [2.05, 4.69) is 4.90 Å². The van der Waals surface area contributed by atoms with Crippen molar-refractivity contribution < 1.29 is 14.7 Å². The first-order valence-corrected chi connectivity index (χ1v) is 7.01. The number of benzene rings is 1. The first-order valence-electron chi connectivity index (χ1n) is 7.01. The minimum Gasteiger partial charge on any atom is -0.478 e. The average Bonchev–Trinajstić information content (AvgIpc) is 2.70. The standard InChI is InChI=1S/C15H18N2O3/c1-16-12-9-10(15(19)20)6-7-11(12)14(18)17-8-4-2-3-5-13(16)17/h6-7,9,13H,2-5,8H2,1H3,(H,19,20). The van der Waals surface area contributed by atoms with Crippen LogP contribution in [0, 0.1) is 0 Å². The summed E-state index contributed by atoms with van der Waals surface area (Å²) >= 11 is 0. The minimum absolute atomic E-state index is 0.0296. The van der Waals surface area contributed by atoms with Crippen molar-refractivity contribution in [2.45, 2.75) is 31.8 Å². The Bertz CT molecular complexity index is 570. The lowest BCUT2D eigenvalue weighted by atomic mass is 10.0. The van der Waals surface area contributed by atoms with Crippen molar-refractivity contribution >= 4 is 17.6 Å². The molecule has 0 radical (unpaired) electrons. The van der Waals surface area contributed by atoms with E-state index in [0.717, 1.165) is 37.9 Å². The second-order valence-corrected chi connectivity index (χ2v) is 5.48. The quantitative estimate of drug-likeness (QED) is 0.852. The van der Waals surface area contributed by atoms with Gasteiger partial charge in [0.25, 0.3) is 5.91 Å². The van der Waals surface area contributed by atoms with Crippen molar-refractivity contribution in [2.24, 2.45) is 0 Å². The summed E-state index contributed by atoms with van der Waals surface area (Å²) in [6.07, 6.45) is 4.29. The summed E-state index contributed by atoms with van der Waals surface area (Å²) in [5.74, 6) is -0.932. The molecule has 0 spiro atoms. The van der Waals surface area contributed by atoms with Crippen molar-refractivity contribution in [2.75, 3.05) is 18.5 Å². The number of anilines is 1. The third-order valence-electron chi connectivity index (χ3n) is 4.28.